The first-order chi connectivity index (χ1) is 13.6. The Bertz CT molecular complexity index is 970. The molecule has 7 heteroatoms. The van der Waals surface area contributed by atoms with Crippen molar-refractivity contribution in [2.45, 2.75) is 32.0 Å². The molecule has 1 amide bonds. The van der Waals surface area contributed by atoms with Crippen LogP contribution < -0.4 is 5.32 Å². The van der Waals surface area contributed by atoms with Crippen LogP contribution in [0.4, 0.5) is 10.1 Å². The molecular weight excluding hydrogens is 381 g/mol. The maximum absolute atomic E-state index is 13.0. The Morgan fingerprint density at radius 3 is 2.64 bits per heavy atom. The zero-order valence-corrected chi connectivity index (χ0v) is 15.8. The fraction of sp³-hybridized carbons (Fsp3) is 0.238. The summed E-state index contributed by atoms with van der Waals surface area (Å²) in [5, 5.41) is 3.41. The molecule has 1 aliphatic rings. The van der Waals surface area contributed by atoms with Gasteiger partial charge >= 0.3 is 0 Å². The molecule has 3 aromatic rings. The van der Waals surface area contributed by atoms with E-state index in [0.717, 1.165) is 23.4 Å². The lowest BCUT2D eigenvalue weighted by atomic mass is 10.2. The largest absolute Gasteiger partial charge is 0.447 e. The van der Waals surface area contributed by atoms with Crippen LogP contribution in [0.25, 0.3) is 0 Å². The lowest BCUT2D eigenvalue weighted by Gasteiger charge is -2.20. The number of aromatic nitrogens is 1. The van der Waals surface area contributed by atoms with Gasteiger partial charge in [-0.15, -0.1) is 0 Å². The van der Waals surface area contributed by atoms with Crippen molar-refractivity contribution >= 4 is 23.2 Å². The molecule has 0 radical (unpaired) electrons. The lowest BCUT2D eigenvalue weighted by Crippen LogP contribution is -2.25. The van der Waals surface area contributed by atoms with Gasteiger partial charge in [0, 0.05) is 23.3 Å². The highest BCUT2D eigenvalue weighted by Gasteiger charge is 2.30. The van der Waals surface area contributed by atoms with Crippen LogP contribution in [0.3, 0.4) is 0 Å². The number of rotatable bonds is 7. The number of halogens is 2. The van der Waals surface area contributed by atoms with Gasteiger partial charge in [0.05, 0.1) is 6.54 Å². The minimum Gasteiger partial charge on any atom is -0.447 e. The van der Waals surface area contributed by atoms with Crippen molar-refractivity contribution < 1.29 is 13.6 Å². The third-order valence-electron chi connectivity index (χ3n) is 4.62. The maximum Gasteiger partial charge on any atom is 0.277 e. The second-order valence-electron chi connectivity index (χ2n) is 6.82. The van der Waals surface area contributed by atoms with Crippen LogP contribution in [-0.2, 0) is 13.1 Å². The highest BCUT2D eigenvalue weighted by Crippen LogP contribution is 2.31. The van der Waals surface area contributed by atoms with Crippen LogP contribution in [0, 0.1) is 5.82 Å². The summed E-state index contributed by atoms with van der Waals surface area (Å²) >= 11 is 6.29. The molecule has 28 heavy (non-hydrogen) atoms. The molecule has 0 atom stereocenters. The van der Waals surface area contributed by atoms with Crippen molar-refractivity contribution in [1.29, 1.82) is 0 Å². The van der Waals surface area contributed by atoms with Crippen molar-refractivity contribution in [2.75, 3.05) is 5.32 Å². The van der Waals surface area contributed by atoms with Crippen LogP contribution >= 0.6 is 11.6 Å². The van der Waals surface area contributed by atoms with E-state index >= 15 is 0 Å². The van der Waals surface area contributed by atoms with E-state index in [2.05, 4.69) is 15.2 Å². The second kappa shape index (κ2) is 8.12. The molecule has 2 aromatic carbocycles. The molecule has 1 aromatic heterocycles. The Balaban J connectivity index is 1.42. The van der Waals surface area contributed by atoms with E-state index in [1.54, 1.807) is 0 Å². The van der Waals surface area contributed by atoms with Crippen molar-refractivity contribution in [1.82, 2.24) is 9.88 Å². The highest BCUT2D eigenvalue weighted by atomic mass is 35.5. The number of carbonyl (C=O) groups excluding carboxylic acids is 1. The molecule has 1 aliphatic carbocycles. The van der Waals surface area contributed by atoms with Crippen LogP contribution in [0.5, 0.6) is 0 Å². The summed E-state index contributed by atoms with van der Waals surface area (Å²) in [5.41, 5.74) is 1.74. The fourth-order valence-corrected chi connectivity index (χ4v) is 3.18. The summed E-state index contributed by atoms with van der Waals surface area (Å²) in [6.45, 7) is 1.20. The Hall–Kier alpha value is -2.70. The number of nitrogens with one attached hydrogen (secondary N) is 1. The molecular formula is C21H19ClFN3O2. The van der Waals surface area contributed by atoms with Crippen molar-refractivity contribution in [2.24, 2.45) is 0 Å². The number of benzene rings is 2. The van der Waals surface area contributed by atoms with Gasteiger partial charge in [0.25, 0.3) is 5.91 Å². The molecule has 0 spiro atoms. The summed E-state index contributed by atoms with van der Waals surface area (Å²) in [4.78, 5) is 18.9. The van der Waals surface area contributed by atoms with Crippen molar-refractivity contribution in [3.05, 3.63) is 82.8 Å². The van der Waals surface area contributed by atoms with Gasteiger partial charge in [0.15, 0.2) is 5.69 Å². The van der Waals surface area contributed by atoms with Gasteiger partial charge in [-0.3, -0.25) is 9.69 Å². The first kappa shape index (κ1) is 18.7. The zero-order valence-electron chi connectivity index (χ0n) is 15.1. The second-order valence-corrected chi connectivity index (χ2v) is 7.22. The average Bonchev–Trinajstić information content (AvgIpc) is 3.43. The molecule has 144 valence electrons. The minimum absolute atomic E-state index is 0.188. The fourth-order valence-electron chi connectivity index (χ4n) is 2.99. The van der Waals surface area contributed by atoms with Crippen LogP contribution in [0.1, 0.15) is 34.8 Å². The van der Waals surface area contributed by atoms with Crippen molar-refractivity contribution in [3.8, 4) is 0 Å². The smallest absolute Gasteiger partial charge is 0.277 e. The number of amides is 1. The number of carbonyl (C=O) groups is 1. The van der Waals surface area contributed by atoms with E-state index in [1.807, 2.05) is 24.3 Å². The summed E-state index contributed by atoms with van der Waals surface area (Å²) in [6.07, 6.45) is 3.60. The maximum atomic E-state index is 13.0. The van der Waals surface area contributed by atoms with Gasteiger partial charge in [-0.25, -0.2) is 9.37 Å². The van der Waals surface area contributed by atoms with Gasteiger partial charge in [-0.05, 0) is 48.7 Å². The topological polar surface area (TPSA) is 58.4 Å². The van der Waals surface area contributed by atoms with Crippen LogP contribution in [-0.4, -0.2) is 21.8 Å². The molecule has 0 aliphatic heterocycles. The predicted molar refractivity (Wildman–Crippen MR) is 105 cm³/mol. The van der Waals surface area contributed by atoms with E-state index < -0.39 is 5.91 Å². The monoisotopic (exact) mass is 399 g/mol. The quantitative estimate of drug-likeness (QED) is 0.615. The Morgan fingerprint density at radius 1 is 1.18 bits per heavy atom. The highest BCUT2D eigenvalue weighted by molar-refractivity contribution is 6.31. The van der Waals surface area contributed by atoms with Gasteiger partial charge in [0.1, 0.15) is 12.1 Å². The molecule has 0 bridgehead atoms. The van der Waals surface area contributed by atoms with Gasteiger partial charge in [-0.1, -0.05) is 29.8 Å². The van der Waals surface area contributed by atoms with E-state index in [4.69, 9.17) is 16.0 Å². The molecule has 0 unspecified atom stereocenters. The average molecular weight is 400 g/mol. The number of oxazole rings is 1. The number of hydrogen-bond acceptors (Lipinski definition) is 4. The summed E-state index contributed by atoms with van der Waals surface area (Å²) in [5.74, 6) is -0.283. The van der Waals surface area contributed by atoms with E-state index in [0.29, 0.717) is 30.7 Å². The first-order valence-electron chi connectivity index (χ1n) is 9.07. The SMILES string of the molecule is O=C(Nc1ccc(F)cc1)c1coc(CN(Cc2ccccc2Cl)C2CC2)n1. The number of hydrogen-bond donors (Lipinski definition) is 1. The summed E-state index contributed by atoms with van der Waals surface area (Å²) in [6, 6.07) is 13.8. The minimum atomic E-state index is -0.398. The molecule has 1 heterocycles. The zero-order chi connectivity index (χ0) is 19.5. The van der Waals surface area contributed by atoms with Gasteiger partial charge in [-0.2, -0.15) is 0 Å². The molecule has 1 fully saturated rings. The molecule has 4 rings (SSSR count). The van der Waals surface area contributed by atoms with E-state index in [1.165, 1.54) is 30.5 Å². The Labute approximate surface area is 167 Å². The van der Waals surface area contributed by atoms with E-state index in [9.17, 15) is 9.18 Å². The Kier molecular flexibility index (Phi) is 5.41. The van der Waals surface area contributed by atoms with E-state index in [-0.39, 0.29) is 11.5 Å². The summed E-state index contributed by atoms with van der Waals surface area (Å²) < 4.78 is 18.5. The third kappa shape index (κ3) is 4.58. The van der Waals surface area contributed by atoms with Gasteiger partial charge in [0.2, 0.25) is 5.89 Å². The molecule has 5 nitrogen and oxygen atoms in total. The van der Waals surface area contributed by atoms with Crippen LogP contribution in [0.15, 0.2) is 59.2 Å². The molecule has 1 saturated carbocycles. The third-order valence-corrected chi connectivity index (χ3v) is 4.99. The summed E-state index contributed by atoms with van der Waals surface area (Å²) in [7, 11) is 0. The van der Waals surface area contributed by atoms with Crippen molar-refractivity contribution in [3.63, 3.8) is 0 Å². The standard InChI is InChI=1S/C21H19ClFN3O2/c22-18-4-2-1-3-14(18)11-26(17-9-10-17)12-20-25-19(13-28-20)21(27)24-16-7-5-15(23)6-8-16/h1-8,13,17H,9-12H2,(H,24,27). The molecule has 1 N–H and O–H groups in total. The normalized spacial score (nSPS) is 13.7. The first-order valence-corrected chi connectivity index (χ1v) is 9.45. The number of anilines is 1. The predicted octanol–water partition coefficient (Wildman–Crippen LogP) is 4.88. The Morgan fingerprint density at radius 2 is 1.93 bits per heavy atom. The lowest BCUT2D eigenvalue weighted by molar-refractivity contribution is 0.102. The van der Waals surface area contributed by atoms with Gasteiger partial charge < -0.3 is 9.73 Å². The van der Waals surface area contributed by atoms with Crippen LogP contribution in [0.2, 0.25) is 5.02 Å². The number of nitrogens with zero attached hydrogens (tertiary/aromatic N) is 2. The molecule has 0 saturated heterocycles.